The van der Waals surface area contributed by atoms with E-state index in [0.717, 1.165) is 103 Å². The van der Waals surface area contributed by atoms with Gasteiger partial charge in [-0.3, -0.25) is 23.4 Å². The first-order valence-electron chi connectivity index (χ1n) is 33.5. The molecule has 2 N–H and O–H groups in total. The number of hydrogen-bond acceptors (Lipinski definition) is 10. The Morgan fingerprint density at radius 3 is 1.00 bits per heavy atom. The largest absolute Gasteiger partial charge is 0.472 e. The number of aliphatic hydroxyl groups is 1. The van der Waals surface area contributed by atoms with E-state index in [-0.39, 0.29) is 25.9 Å². The number of carbonyl (C=O) groups excluding carboxylic acids is 3. The molecule has 0 aliphatic heterocycles. The van der Waals surface area contributed by atoms with Crippen LogP contribution < -0.4 is 0 Å². The van der Waals surface area contributed by atoms with Gasteiger partial charge in [0.15, 0.2) is 6.10 Å². The summed E-state index contributed by atoms with van der Waals surface area (Å²) in [5.41, 5.74) is 0. The van der Waals surface area contributed by atoms with Gasteiger partial charge in [0.05, 0.1) is 19.8 Å². The lowest BCUT2D eigenvalue weighted by molar-refractivity contribution is -0.161. The predicted octanol–water partition coefficient (Wildman–Crippen LogP) is 20.5. The highest BCUT2D eigenvalue weighted by molar-refractivity contribution is 7.47. The lowest BCUT2D eigenvalue weighted by Crippen LogP contribution is -2.30. The van der Waals surface area contributed by atoms with Crippen molar-refractivity contribution in [2.75, 3.05) is 26.4 Å². The monoisotopic (exact) mass is 1150 g/mol. The Bertz CT molecular complexity index is 1530. The first-order valence-corrected chi connectivity index (χ1v) is 35.0. The van der Waals surface area contributed by atoms with Crippen molar-refractivity contribution >= 4 is 25.7 Å². The zero-order chi connectivity index (χ0) is 58.3. The van der Waals surface area contributed by atoms with Gasteiger partial charge in [0.2, 0.25) is 0 Å². The van der Waals surface area contributed by atoms with Gasteiger partial charge in [-0.2, -0.15) is 0 Å². The van der Waals surface area contributed by atoms with Crippen LogP contribution in [0, 0.1) is 0 Å². The van der Waals surface area contributed by atoms with Crippen LogP contribution in [-0.2, 0) is 42.2 Å². The second kappa shape index (κ2) is 62.5. The second-order valence-electron chi connectivity index (χ2n) is 22.6. The first kappa shape index (κ1) is 77.4. The lowest BCUT2D eigenvalue weighted by atomic mass is 10.0. The molecule has 0 rings (SSSR count). The Morgan fingerprint density at radius 1 is 0.362 bits per heavy atom. The van der Waals surface area contributed by atoms with E-state index in [0.29, 0.717) is 19.3 Å². The first-order chi connectivity index (χ1) is 39.2. The summed E-state index contributed by atoms with van der Waals surface area (Å²) in [6.07, 6.45) is 69.1. The normalized spacial score (nSPS) is 13.5. The number of esters is 3. The zero-order valence-corrected chi connectivity index (χ0v) is 53.0. The molecule has 0 fully saturated rings. The Morgan fingerprint density at radius 2 is 0.650 bits per heavy atom. The highest BCUT2D eigenvalue weighted by Gasteiger charge is 2.28. The maximum absolute atomic E-state index is 13.0. The number of phosphoric acid groups is 1. The molecule has 0 aromatic rings. The van der Waals surface area contributed by atoms with Crippen LogP contribution in [0.25, 0.3) is 0 Å². The Labute approximate surface area is 492 Å². The molecule has 0 aliphatic carbocycles. The molecule has 3 atom stereocenters. The fourth-order valence-electron chi connectivity index (χ4n) is 9.70. The molecular weight excluding hydrogens is 1020 g/mol. The van der Waals surface area contributed by atoms with Crippen molar-refractivity contribution in [1.29, 1.82) is 0 Å². The van der Waals surface area contributed by atoms with E-state index in [1.54, 1.807) is 0 Å². The second-order valence-corrected chi connectivity index (χ2v) is 24.1. The van der Waals surface area contributed by atoms with Crippen molar-refractivity contribution in [2.45, 2.75) is 341 Å². The maximum atomic E-state index is 13.0. The molecule has 0 aromatic carbocycles. The van der Waals surface area contributed by atoms with Crippen LogP contribution in [0.1, 0.15) is 329 Å². The fraction of sp³-hybridized carbons (Fsp3) is 0.838. The molecule has 0 radical (unpaired) electrons. The average molecular weight is 1150 g/mol. The van der Waals surface area contributed by atoms with Gasteiger partial charge in [-0.1, -0.05) is 301 Å². The summed E-state index contributed by atoms with van der Waals surface area (Å²) in [7, 11) is -4.75. The number of ether oxygens (including phenoxy) is 3. The zero-order valence-electron chi connectivity index (χ0n) is 52.1. The van der Waals surface area contributed by atoms with Crippen LogP contribution in [0.3, 0.4) is 0 Å². The van der Waals surface area contributed by atoms with Crippen molar-refractivity contribution in [1.82, 2.24) is 0 Å². The molecule has 11 nitrogen and oxygen atoms in total. The number of aliphatic hydroxyl groups excluding tert-OH is 1. The van der Waals surface area contributed by atoms with Gasteiger partial charge in [0.1, 0.15) is 12.7 Å². The van der Waals surface area contributed by atoms with Gasteiger partial charge in [0.25, 0.3) is 0 Å². The molecule has 0 bridgehead atoms. The van der Waals surface area contributed by atoms with Crippen LogP contribution in [0.5, 0.6) is 0 Å². The van der Waals surface area contributed by atoms with Gasteiger partial charge in [-0.05, 0) is 57.8 Å². The fourth-order valence-corrected chi connectivity index (χ4v) is 10.5. The Kier molecular flexibility index (Phi) is 60.5. The van der Waals surface area contributed by atoms with Crippen molar-refractivity contribution in [3.63, 3.8) is 0 Å². The predicted molar refractivity (Wildman–Crippen MR) is 335 cm³/mol. The van der Waals surface area contributed by atoms with E-state index in [4.69, 9.17) is 23.3 Å². The van der Waals surface area contributed by atoms with Gasteiger partial charge in [0, 0.05) is 19.3 Å². The maximum Gasteiger partial charge on any atom is 0.472 e. The summed E-state index contributed by atoms with van der Waals surface area (Å²) < 4.78 is 39.8. The van der Waals surface area contributed by atoms with E-state index in [1.165, 1.54) is 167 Å². The van der Waals surface area contributed by atoms with Crippen molar-refractivity contribution < 1.29 is 52.2 Å². The number of allylic oxidation sites excluding steroid dienone is 8. The van der Waals surface area contributed by atoms with Crippen LogP contribution in [0.2, 0.25) is 0 Å². The number of phosphoric ester groups is 1. The van der Waals surface area contributed by atoms with Gasteiger partial charge in [-0.25, -0.2) is 4.57 Å². The summed E-state index contributed by atoms with van der Waals surface area (Å²) in [4.78, 5) is 48.8. The van der Waals surface area contributed by atoms with E-state index in [1.807, 2.05) is 0 Å². The lowest BCUT2D eigenvalue weighted by Gasteiger charge is -2.21. The molecule has 468 valence electrons. The van der Waals surface area contributed by atoms with Crippen molar-refractivity contribution in [2.24, 2.45) is 0 Å². The highest BCUT2D eigenvalue weighted by Crippen LogP contribution is 2.43. The molecule has 80 heavy (non-hydrogen) atoms. The van der Waals surface area contributed by atoms with Crippen LogP contribution in [-0.4, -0.2) is 66.5 Å². The summed E-state index contributed by atoms with van der Waals surface area (Å²) in [6.45, 7) is 4.60. The van der Waals surface area contributed by atoms with Crippen LogP contribution >= 0.6 is 7.82 Å². The molecule has 0 heterocycles. The molecule has 0 saturated heterocycles. The third-order valence-corrected chi connectivity index (χ3v) is 15.7. The number of carbonyl (C=O) groups is 3. The highest BCUT2D eigenvalue weighted by atomic mass is 31.2. The molecule has 0 aromatic heterocycles. The molecule has 3 unspecified atom stereocenters. The number of hydrogen-bond donors (Lipinski definition) is 2. The topological polar surface area (TPSA) is 155 Å². The van der Waals surface area contributed by atoms with Crippen molar-refractivity contribution in [3.8, 4) is 0 Å². The van der Waals surface area contributed by atoms with E-state index in [9.17, 15) is 28.9 Å². The average Bonchev–Trinajstić information content (AvgIpc) is 3.45. The van der Waals surface area contributed by atoms with E-state index in [2.05, 4.69) is 69.4 Å². The summed E-state index contributed by atoms with van der Waals surface area (Å²) >= 11 is 0. The smallest absolute Gasteiger partial charge is 0.462 e. The minimum atomic E-state index is -4.75. The van der Waals surface area contributed by atoms with Gasteiger partial charge < -0.3 is 24.2 Å². The summed E-state index contributed by atoms with van der Waals surface area (Å²) in [6, 6.07) is 0. The van der Waals surface area contributed by atoms with E-state index >= 15 is 0 Å². The molecule has 12 heteroatoms. The van der Waals surface area contributed by atoms with Crippen molar-refractivity contribution in [3.05, 3.63) is 48.6 Å². The third kappa shape index (κ3) is 60.0. The summed E-state index contributed by atoms with van der Waals surface area (Å²) in [5, 5.41) is 9.86. The van der Waals surface area contributed by atoms with E-state index < -0.39 is 57.8 Å². The molecule has 0 spiro atoms. The number of unbranched alkanes of at least 4 members (excludes halogenated alkanes) is 38. The molecule has 0 aliphatic rings. The van der Waals surface area contributed by atoms with Crippen LogP contribution in [0.4, 0.5) is 0 Å². The minimum Gasteiger partial charge on any atom is -0.462 e. The quantitative estimate of drug-likeness (QED) is 0.0197. The Balaban J connectivity index is 4.68. The third-order valence-electron chi connectivity index (χ3n) is 14.8. The molecule has 0 saturated carbocycles. The van der Waals surface area contributed by atoms with Gasteiger partial charge in [-0.15, -0.1) is 0 Å². The SMILES string of the molecule is CC/C=C\C/C=C\C/C=C\C/C=C\CCCCCCCCC(=O)OCC(COP(=O)(O)OCC(CO)OC(=O)CCCCCCCCCCCCCCCCC)OC(=O)CCCCCCCCCCCCCCCCCCCCC. The minimum absolute atomic E-state index is 0.170. The van der Waals surface area contributed by atoms with Gasteiger partial charge >= 0.3 is 25.7 Å². The Hall–Kier alpha value is -2.56. The standard InChI is InChI=1S/C68H125O11P/c1-4-7-10-13-16-19-22-25-28-30-32-34-37-39-42-45-48-51-54-57-66(70)75-61-65(79-68(72)59-56-53-50-47-44-41-38-35-33-31-29-26-23-20-17-14-11-8-5-2)63-77-80(73,74)76-62-64(60-69)78-67(71)58-55-52-49-46-43-40-36-27-24-21-18-15-12-9-6-3/h7,10,16,19,25,28,32,34,64-65,69H,4-6,8-9,11-15,17-18,20-24,26-27,29-31,33,35-63H2,1-3H3,(H,73,74)/b10-7-,19-16-,28-25-,34-32-. The summed E-state index contributed by atoms with van der Waals surface area (Å²) in [5.74, 6) is -1.45. The molecule has 0 amide bonds. The van der Waals surface area contributed by atoms with Crippen LogP contribution in [0.15, 0.2) is 48.6 Å². The molecular formula is C68H125O11P. The number of rotatable bonds is 63.